The van der Waals surface area contributed by atoms with Crippen LogP contribution >= 0.6 is 0 Å². The molecule has 0 saturated carbocycles. The Morgan fingerprint density at radius 3 is 2.59 bits per heavy atom. The van der Waals surface area contributed by atoms with Gasteiger partial charge in [-0.3, -0.25) is 4.99 Å². The molecule has 1 heterocycles. The Balaban J connectivity index is 2.30. The van der Waals surface area contributed by atoms with Gasteiger partial charge < -0.3 is 15.1 Å². The molecule has 1 N–H and O–H groups in total. The first kappa shape index (κ1) is 27.0. The maximum absolute atomic E-state index is 4.28. The molecule has 0 bridgehead atoms. The van der Waals surface area contributed by atoms with E-state index in [1.807, 2.05) is 43.6 Å². The first-order valence-corrected chi connectivity index (χ1v) is 12.2. The largest absolute Gasteiger partial charge is 0.358 e. The van der Waals surface area contributed by atoms with Crippen molar-refractivity contribution < 1.29 is 0 Å². The van der Waals surface area contributed by atoms with Crippen molar-refractivity contribution in [2.24, 2.45) is 10.9 Å². The molecule has 34 heavy (non-hydrogen) atoms. The third-order valence-corrected chi connectivity index (χ3v) is 6.21. The smallest absolute Gasteiger partial charge is 0.112 e. The van der Waals surface area contributed by atoms with Crippen molar-refractivity contribution in [3.05, 3.63) is 103 Å². The minimum absolute atomic E-state index is 0.747. The predicted molar refractivity (Wildman–Crippen MR) is 149 cm³/mol. The van der Waals surface area contributed by atoms with Crippen LogP contribution in [0.5, 0.6) is 0 Å². The molecule has 1 aliphatic heterocycles. The average Bonchev–Trinajstić information content (AvgIpc) is 3.08. The Labute approximate surface area is 207 Å². The summed E-state index contributed by atoms with van der Waals surface area (Å²) in [5.74, 6) is 2.71. The van der Waals surface area contributed by atoms with Crippen molar-refractivity contribution >= 4 is 11.8 Å². The molecule has 0 aromatic heterocycles. The maximum atomic E-state index is 4.28. The van der Waals surface area contributed by atoms with Crippen LogP contribution in [0.25, 0.3) is 5.57 Å². The quantitative estimate of drug-likeness (QED) is 0.293. The molecule has 0 aliphatic carbocycles. The van der Waals surface area contributed by atoms with E-state index >= 15 is 0 Å². The Bertz CT molecular complexity index is 949. The van der Waals surface area contributed by atoms with Gasteiger partial charge in [0.25, 0.3) is 0 Å². The zero-order valence-corrected chi connectivity index (χ0v) is 21.6. The topological polar surface area (TPSA) is 30.9 Å². The molecule has 0 spiro atoms. The van der Waals surface area contributed by atoms with Crippen LogP contribution in [-0.2, 0) is 0 Å². The molecule has 1 aromatic rings. The molecule has 1 aliphatic rings. The first-order chi connectivity index (χ1) is 16.3. The van der Waals surface area contributed by atoms with Crippen LogP contribution in [0.2, 0.25) is 0 Å². The van der Waals surface area contributed by atoms with E-state index in [4.69, 9.17) is 0 Å². The highest BCUT2D eigenvalue weighted by Crippen LogP contribution is 2.22. The molecule has 0 amide bonds. The van der Waals surface area contributed by atoms with E-state index in [1.165, 1.54) is 19.3 Å². The number of rotatable bonds is 11. The van der Waals surface area contributed by atoms with Crippen molar-refractivity contribution in [3.8, 4) is 0 Å². The third-order valence-electron chi connectivity index (χ3n) is 6.21. The van der Waals surface area contributed by atoms with E-state index in [2.05, 4.69) is 71.9 Å². The third kappa shape index (κ3) is 8.58. The van der Waals surface area contributed by atoms with E-state index in [1.54, 1.807) is 13.3 Å². The van der Waals surface area contributed by atoms with Crippen LogP contribution in [0.3, 0.4) is 0 Å². The van der Waals surface area contributed by atoms with Gasteiger partial charge in [0.05, 0.1) is 0 Å². The summed E-state index contributed by atoms with van der Waals surface area (Å²) < 4.78 is 0. The summed E-state index contributed by atoms with van der Waals surface area (Å²) in [6.45, 7) is 19.2. The van der Waals surface area contributed by atoms with Crippen LogP contribution in [0.1, 0.15) is 45.1 Å². The van der Waals surface area contributed by atoms with Gasteiger partial charge in [-0.2, -0.15) is 0 Å². The highest BCUT2D eigenvalue weighted by atomic mass is 15.3. The molecule has 1 saturated heterocycles. The van der Waals surface area contributed by atoms with Crippen LogP contribution in [-0.4, -0.2) is 43.2 Å². The molecule has 1 unspecified atom stereocenters. The lowest BCUT2D eigenvalue weighted by atomic mass is 10.0. The van der Waals surface area contributed by atoms with E-state index in [-0.39, 0.29) is 0 Å². The monoisotopic (exact) mass is 458 g/mol. The lowest BCUT2D eigenvalue weighted by molar-refractivity contribution is 0.325. The maximum Gasteiger partial charge on any atom is 0.112 e. The molecule has 4 heteroatoms. The summed E-state index contributed by atoms with van der Waals surface area (Å²) >= 11 is 0. The Morgan fingerprint density at radius 2 is 1.91 bits per heavy atom. The summed E-state index contributed by atoms with van der Waals surface area (Å²) in [6.07, 6.45) is 14.5. The number of aliphatic imine (C=N–C) groups is 1. The van der Waals surface area contributed by atoms with Gasteiger partial charge >= 0.3 is 0 Å². The van der Waals surface area contributed by atoms with Gasteiger partial charge in [-0.15, -0.1) is 0 Å². The summed E-state index contributed by atoms with van der Waals surface area (Å²) in [4.78, 5) is 8.67. The number of allylic oxidation sites excluding steroid dienone is 6. The number of likely N-dealkylation sites (tertiary alicyclic amines) is 1. The zero-order chi connectivity index (χ0) is 24.9. The second kappa shape index (κ2) is 14.1. The van der Waals surface area contributed by atoms with Gasteiger partial charge in [-0.1, -0.05) is 63.9 Å². The fourth-order valence-corrected chi connectivity index (χ4v) is 3.76. The average molecular weight is 459 g/mol. The molecule has 182 valence electrons. The lowest BCUT2D eigenvalue weighted by Crippen LogP contribution is -2.36. The van der Waals surface area contributed by atoms with E-state index < -0.39 is 0 Å². The molecule has 1 aromatic carbocycles. The van der Waals surface area contributed by atoms with Crippen LogP contribution in [0.15, 0.2) is 102 Å². The fourth-order valence-electron chi connectivity index (χ4n) is 3.76. The molecular formula is C30H42N4. The Kier molecular flexibility index (Phi) is 11.2. The summed E-state index contributed by atoms with van der Waals surface area (Å²) in [5, 5.41) is 3.67. The van der Waals surface area contributed by atoms with Crippen molar-refractivity contribution in [1.29, 1.82) is 0 Å². The summed E-state index contributed by atoms with van der Waals surface area (Å²) in [5.41, 5.74) is 4.08. The SMILES string of the molecule is C=C(/C=C(/NC(=CC=NC)N(C)/C=C\C(=C)c1ccccc1)N1CCCC(C)CC1)C(=C)CC. The van der Waals surface area contributed by atoms with Gasteiger partial charge in [-0.25, -0.2) is 0 Å². The number of benzene rings is 1. The van der Waals surface area contributed by atoms with E-state index in [0.717, 1.165) is 59.4 Å². The lowest BCUT2D eigenvalue weighted by Gasteiger charge is -2.30. The van der Waals surface area contributed by atoms with Crippen LogP contribution < -0.4 is 5.32 Å². The number of hydrogen-bond donors (Lipinski definition) is 1. The van der Waals surface area contributed by atoms with Gasteiger partial charge in [0.1, 0.15) is 11.6 Å². The van der Waals surface area contributed by atoms with Crippen molar-refractivity contribution in [3.63, 3.8) is 0 Å². The predicted octanol–water partition coefficient (Wildman–Crippen LogP) is 6.76. The zero-order valence-electron chi connectivity index (χ0n) is 21.6. The normalized spacial score (nSPS) is 17.6. The summed E-state index contributed by atoms with van der Waals surface area (Å²) in [6, 6.07) is 10.2. The molecular weight excluding hydrogens is 416 g/mol. The van der Waals surface area contributed by atoms with Gasteiger partial charge in [0.2, 0.25) is 0 Å². The van der Waals surface area contributed by atoms with Gasteiger partial charge in [0.15, 0.2) is 0 Å². The number of nitrogens with zero attached hydrogens (tertiary/aromatic N) is 3. The second-order valence-electron chi connectivity index (χ2n) is 8.94. The second-order valence-corrected chi connectivity index (χ2v) is 8.94. The fraction of sp³-hybridized carbons (Fsp3) is 0.367. The standard InChI is InChI=1S/C30H42N4/c1-8-25(3)27(5)23-30(34-20-12-13-24(2)17-22-34)32-29(16-19-31-6)33(7)21-18-26(4)28-14-10-9-11-15-28/h9-11,14-16,18-19,21,23-24,32H,3-5,8,12-13,17,20,22H2,1-2,6-7H3/b21-18-,29-16?,30-23-,31-19?. The molecule has 1 atom stereocenters. The van der Waals surface area contributed by atoms with Crippen molar-refractivity contribution in [2.45, 2.75) is 39.5 Å². The Morgan fingerprint density at radius 1 is 1.18 bits per heavy atom. The van der Waals surface area contributed by atoms with E-state index in [0.29, 0.717) is 0 Å². The van der Waals surface area contributed by atoms with Crippen molar-refractivity contribution in [1.82, 2.24) is 15.1 Å². The van der Waals surface area contributed by atoms with Gasteiger partial charge in [0, 0.05) is 39.6 Å². The van der Waals surface area contributed by atoms with Crippen LogP contribution in [0, 0.1) is 5.92 Å². The van der Waals surface area contributed by atoms with Gasteiger partial charge in [-0.05, 0) is 72.1 Å². The van der Waals surface area contributed by atoms with E-state index in [9.17, 15) is 0 Å². The molecule has 1 fully saturated rings. The van der Waals surface area contributed by atoms with Crippen LogP contribution in [0.4, 0.5) is 0 Å². The summed E-state index contributed by atoms with van der Waals surface area (Å²) in [7, 11) is 3.81. The highest BCUT2D eigenvalue weighted by Gasteiger charge is 2.18. The molecule has 0 radical (unpaired) electrons. The first-order valence-electron chi connectivity index (χ1n) is 12.2. The minimum atomic E-state index is 0.747. The number of hydrogen-bond acceptors (Lipinski definition) is 4. The number of nitrogens with one attached hydrogen (secondary N) is 1. The molecule has 4 nitrogen and oxygen atoms in total. The molecule has 2 rings (SSSR count). The highest BCUT2D eigenvalue weighted by molar-refractivity contribution is 5.73. The minimum Gasteiger partial charge on any atom is -0.358 e. The Hall–Kier alpha value is -3.27. The van der Waals surface area contributed by atoms with Crippen molar-refractivity contribution in [2.75, 3.05) is 27.2 Å².